The van der Waals surface area contributed by atoms with Gasteiger partial charge in [-0.05, 0) is 95.1 Å². The van der Waals surface area contributed by atoms with Crippen molar-refractivity contribution >= 4 is 35.3 Å². The average molecular weight is 694 g/mol. The van der Waals surface area contributed by atoms with Gasteiger partial charge in [0.15, 0.2) is 5.76 Å². The van der Waals surface area contributed by atoms with E-state index in [1.54, 1.807) is 47.5 Å². The number of carbonyl (C=O) groups excluding carboxylic acids is 4. The van der Waals surface area contributed by atoms with Crippen molar-refractivity contribution in [3.05, 3.63) is 90.6 Å². The second-order valence-electron chi connectivity index (χ2n) is 13.0. The van der Waals surface area contributed by atoms with Crippen LogP contribution < -0.4 is 10.6 Å². The molecular weight excluding hydrogens is 650 g/mol. The highest BCUT2D eigenvalue weighted by Crippen LogP contribution is 2.29. The van der Waals surface area contributed by atoms with E-state index in [1.807, 2.05) is 75.6 Å². The Bertz CT molecular complexity index is 1840. The van der Waals surface area contributed by atoms with Gasteiger partial charge in [-0.2, -0.15) is 0 Å². The van der Waals surface area contributed by atoms with Crippen molar-refractivity contribution < 1.29 is 23.6 Å². The molecule has 2 aliphatic rings. The maximum Gasteiger partial charge on any atom is 0.340 e. The number of benzene rings is 3. The molecule has 51 heavy (non-hydrogen) atoms. The Hall–Kier alpha value is -5.73. The van der Waals surface area contributed by atoms with E-state index < -0.39 is 6.04 Å². The molecule has 2 aliphatic heterocycles. The lowest BCUT2D eigenvalue weighted by molar-refractivity contribution is -0.145. The number of hydrogen-bond donors (Lipinski definition) is 2. The van der Waals surface area contributed by atoms with Gasteiger partial charge in [-0.15, -0.1) is 0 Å². The van der Waals surface area contributed by atoms with E-state index in [-0.39, 0.29) is 30.4 Å². The molecule has 0 radical (unpaired) electrons. The van der Waals surface area contributed by atoms with Crippen LogP contribution in [0.3, 0.4) is 0 Å². The van der Waals surface area contributed by atoms with Crippen molar-refractivity contribution in [3.63, 3.8) is 0 Å². The van der Waals surface area contributed by atoms with E-state index in [4.69, 9.17) is 4.42 Å². The zero-order chi connectivity index (χ0) is 36.1. The van der Waals surface area contributed by atoms with Gasteiger partial charge in [-0.25, -0.2) is 34.6 Å². The number of hydrazine groups is 2. The highest BCUT2D eigenvalue weighted by atomic mass is 16.4. The predicted molar refractivity (Wildman–Crippen MR) is 193 cm³/mol. The van der Waals surface area contributed by atoms with Crippen LogP contribution >= 0.6 is 0 Å². The van der Waals surface area contributed by atoms with Gasteiger partial charge in [0.25, 0.3) is 11.8 Å². The maximum atomic E-state index is 13.6. The Balaban J connectivity index is 1.05. The smallest absolute Gasteiger partial charge is 0.340 e. The Labute approximate surface area is 297 Å². The van der Waals surface area contributed by atoms with E-state index in [2.05, 4.69) is 15.6 Å². The number of likely N-dealkylation sites (N-methyl/N-ethyl adjacent to an activating group) is 2. The molecule has 4 aromatic rings. The fourth-order valence-corrected chi connectivity index (χ4v) is 6.26. The third-order valence-electron chi connectivity index (χ3n) is 8.70. The first-order valence-electron chi connectivity index (χ1n) is 16.9. The van der Waals surface area contributed by atoms with Gasteiger partial charge >= 0.3 is 12.1 Å². The molecule has 1 aromatic heterocycles. The second-order valence-corrected chi connectivity index (χ2v) is 13.0. The van der Waals surface area contributed by atoms with E-state index in [9.17, 15) is 19.2 Å². The second kappa shape index (κ2) is 15.4. The minimum atomic E-state index is -0.512. The lowest BCUT2D eigenvalue weighted by Crippen LogP contribution is -2.50. The summed E-state index contributed by atoms with van der Waals surface area (Å²) in [4.78, 5) is 60.6. The number of nitrogens with one attached hydrogen (secondary N) is 2. The summed E-state index contributed by atoms with van der Waals surface area (Å²) in [6.45, 7) is 2.11. The third-order valence-corrected chi connectivity index (χ3v) is 8.70. The Morgan fingerprint density at radius 1 is 0.706 bits per heavy atom. The molecule has 6 rings (SSSR count). The first kappa shape index (κ1) is 35.1. The fraction of sp³-hybridized carbons (Fsp3) is 0.324. The minimum Gasteiger partial charge on any atom is -0.436 e. The van der Waals surface area contributed by atoms with Gasteiger partial charge in [0, 0.05) is 48.7 Å². The highest BCUT2D eigenvalue weighted by molar-refractivity contribution is 5.93. The summed E-state index contributed by atoms with van der Waals surface area (Å²) in [5.41, 5.74) is 3.51. The standard InChI is InChI=1S/C37H43N9O5/c1-41(2)25-32(47)43-20-8-22-45(43)36(49)39-30-18-14-28(15-19-30)34-38-24-31(51-34)26-12-16-29(17-13-26)40-37(50)46-23-9-21-44(46)35(48)33(42(3)4)27-10-6-5-7-11-27/h5-7,10-19,24,33H,8-9,20-23,25H2,1-4H3,(H,39,49)(H,40,50)/t33-/m1/s1. The first-order valence-corrected chi connectivity index (χ1v) is 16.9. The topological polar surface area (TPSA) is 138 Å². The fourth-order valence-electron chi connectivity index (χ4n) is 6.26. The number of amides is 6. The van der Waals surface area contributed by atoms with Gasteiger partial charge in [0.2, 0.25) is 5.89 Å². The molecule has 0 bridgehead atoms. The van der Waals surface area contributed by atoms with Gasteiger partial charge in [-0.1, -0.05) is 30.3 Å². The molecule has 3 aromatic carbocycles. The summed E-state index contributed by atoms with van der Waals surface area (Å²) >= 11 is 0. The molecule has 2 saturated heterocycles. The summed E-state index contributed by atoms with van der Waals surface area (Å²) < 4.78 is 6.05. The summed E-state index contributed by atoms with van der Waals surface area (Å²) in [5, 5.41) is 11.7. The molecule has 0 aliphatic carbocycles. The van der Waals surface area contributed by atoms with E-state index in [1.165, 1.54) is 20.0 Å². The Kier molecular flexibility index (Phi) is 10.6. The molecule has 14 heteroatoms. The molecule has 0 spiro atoms. The summed E-state index contributed by atoms with van der Waals surface area (Å²) in [6, 6.07) is 22.6. The number of urea groups is 2. The molecule has 14 nitrogen and oxygen atoms in total. The molecule has 3 heterocycles. The summed E-state index contributed by atoms with van der Waals surface area (Å²) in [7, 11) is 7.35. The van der Waals surface area contributed by atoms with Gasteiger partial charge in [-0.3, -0.25) is 14.5 Å². The van der Waals surface area contributed by atoms with Crippen molar-refractivity contribution in [2.45, 2.75) is 18.9 Å². The number of carbonyl (C=O) groups is 4. The lowest BCUT2D eigenvalue weighted by atomic mass is 10.1. The molecule has 0 unspecified atom stereocenters. The van der Waals surface area contributed by atoms with E-state index in [0.29, 0.717) is 55.6 Å². The quantitative estimate of drug-likeness (QED) is 0.254. The lowest BCUT2D eigenvalue weighted by Gasteiger charge is -2.33. The van der Waals surface area contributed by atoms with Crippen molar-refractivity contribution in [1.29, 1.82) is 0 Å². The molecule has 2 N–H and O–H groups in total. The average Bonchev–Trinajstić information content (AvgIpc) is 3.91. The molecule has 6 amide bonds. The molecular formula is C37H43N9O5. The van der Waals surface area contributed by atoms with E-state index >= 15 is 0 Å². The van der Waals surface area contributed by atoms with Gasteiger partial charge < -0.3 is 20.0 Å². The SMILES string of the molecule is CN(C)CC(=O)N1CCCN1C(=O)Nc1ccc(-c2ncc(-c3ccc(NC(=O)N4CCCN4C(=O)[C@@H](c4ccccc4)N(C)C)cc3)o2)cc1. The molecule has 0 saturated carbocycles. The van der Waals surface area contributed by atoms with Crippen LogP contribution in [0.25, 0.3) is 22.8 Å². The third kappa shape index (κ3) is 8.03. The van der Waals surface area contributed by atoms with Crippen LogP contribution in [-0.2, 0) is 9.59 Å². The Morgan fingerprint density at radius 3 is 1.80 bits per heavy atom. The normalized spacial score (nSPS) is 15.1. The van der Waals surface area contributed by atoms with Crippen LogP contribution in [0, 0.1) is 0 Å². The number of nitrogens with zero attached hydrogens (tertiary/aromatic N) is 7. The monoisotopic (exact) mass is 693 g/mol. The largest absolute Gasteiger partial charge is 0.436 e. The number of aromatic nitrogens is 1. The predicted octanol–water partition coefficient (Wildman–Crippen LogP) is 4.84. The van der Waals surface area contributed by atoms with Crippen molar-refractivity contribution in [3.8, 4) is 22.8 Å². The number of hydrogen-bond acceptors (Lipinski definition) is 8. The summed E-state index contributed by atoms with van der Waals surface area (Å²) in [6.07, 6.45) is 3.05. The maximum absolute atomic E-state index is 13.6. The van der Waals surface area contributed by atoms with Crippen LogP contribution in [0.4, 0.5) is 21.0 Å². The molecule has 1 atom stereocenters. The van der Waals surface area contributed by atoms with Crippen LogP contribution in [0.15, 0.2) is 89.5 Å². The highest BCUT2D eigenvalue weighted by Gasteiger charge is 2.36. The van der Waals surface area contributed by atoms with Crippen LogP contribution in [0.1, 0.15) is 24.4 Å². The summed E-state index contributed by atoms with van der Waals surface area (Å²) in [5.74, 6) is 0.674. The zero-order valence-corrected chi connectivity index (χ0v) is 29.3. The minimum absolute atomic E-state index is 0.123. The molecule has 2 fully saturated rings. The van der Waals surface area contributed by atoms with Crippen molar-refractivity contribution in [2.24, 2.45) is 0 Å². The first-order chi connectivity index (χ1) is 24.6. The Morgan fingerprint density at radius 2 is 1.24 bits per heavy atom. The number of rotatable bonds is 9. The van der Waals surface area contributed by atoms with Crippen molar-refractivity contribution in [1.82, 2.24) is 34.8 Å². The van der Waals surface area contributed by atoms with E-state index in [0.717, 1.165) is 23.1 Å². The van der Waals surface area contributed by atoms with Crippen LogP contribution in [0.5, 0.6) is 0 Å². The number of anilines is 2. The van der Waals surface area contributed by atoms with Crippen molar-refractivity contribution in [2.75, 3.05) is 71.5 Å². The molecule has 266 valence electrons. The van der Waals surface area contributed by atoms with Gasteiger partial charge in [0.05, 0.1) is 12.7 Å². The van der Waals surface area contributed by atoms with Crippen LogP contribution in [-0.4, -0.2) is 120 Å². The van der Waals surface area contributed by atoms with Crippen LogP contribution in [0.2, 0.25) is 0 Å². The van der Waals surface area contributed by atoms with Gasteiger partial charge in [0.1, 0.15) is 6.04 Å². The number of oxazole rings is 1. The zero-order valence-electron chi connectivity index (χ0n) is 29.3.